The average Bonchev–Trinajstić information content (AvgIpc) is 2.82. The maximum atomic E-state index is 5.41. The Balaban J connectivity index is 0.00000121. The van der Waals surface area contributed by atoms with Crippen LogP contribution in [0.3, 0.4) is 0 Å². The third-order valence-electron chi connectivity index (χ3n) is 4.22. The Bertz CT molecular complexity index is 490. The predicted molar refractivity (Wildman–Crippen MR) is 83.7 cm³/mol. The maximum Gasteiger partial charge on any atom is 2.00 e. The Kier molecular flexibility index (Phi) is 8.30. The van der Waals surface area contributed by atoms with E-state index in [-0.39, 0.29) is 28.9 Å². The van der Waals surface area contributed by atoms with Gasteiger partial charge in [0.1, 0.15) is 0 Å². The number of aromatic nitrogens is 1. The minimum Gasteiger partial charge on any atom is -1.00 e. The van der Waals surface area contributed by atoms with Gasteiger partial charge >= 0.3 is 16.5 Å². The Hall–Kier alpha value is -0.706. The fraction of sp³-hybridized carbons (Fsp3) is 0.533. The molecule has 1 aromatic rings. The van der Waals surface area contributed by atoms with Crippen LogP contribution in [0.25, 0.3) is 0 Å². The van der Waals surface area contributed by atoms with Crippen molar-refractivity contribution in [1.29, 1.82) is 0 Å². The molecule has 4 rings (SSSR count). The Morgan fingerprint density at radius 1 is 1.18 bits per heavy atom. The second kappa shape index (κ2) is 9.44. The summed E-state index contributed by atoms with van der Waals surface area (Å²) in [6.45, 7) is 2.11. The number of halogens is 1. The zero-order valence-corrected chi connectivity index (χ0v) is 14.7. The molecule has 1 saturated carbocycles. The summed E-state index contributed by atoms with van der Waals surface area (Å²) in [6.07, 6.45) is 8.79. The molecule has 2 aliphatic heterocycles. The van der Waals surface area contributed by atoms with Crippen molar-refractivity contribution in [2.75, 3.05) is 13.1 Å². The van der Waals surface area contributed by atoms with Gasteiger partial charge in [0, 0.05) is 24.5 Å². The summed E-state index contributed by atoms with van der Waals surface area (Å²) in [7, 11) is 0. The van der Waals surface area contributed by atoms with Crippen LogP contribution < -0.4 is 12.4 Å². The van der Waals surface area contributed by atoms with Crippen molar-refractivity contribution in [1.82, 2.24) is 9.88 Å². The van der Waals surface area contributed by atoms with Gasteiger partial charge in [0.2, 0.25) is 0 Å². The van der Waals surface area contributed by atoms with Gasteiger partial charge in [-0.25, -0.2) is 0 Å². The van der Waals surface area contributed by atoms with Gasteiger partial charge in [-0.1, -0.05) is 6.07 Å². The van der Waals surface area contributed by atoms with Crippen molar-refractivity contribution in [3.8, 4) is 0 Å². The number of nitrogens with zero attached hydrogens (tertiary/aromatic N) is 4. The minimum absolute atomic E-state index is 0. The molecular weight excluding hydrogens is 362 g/mol. The van der Waals surface area contributed by atoms with Crippen LogP contribution in [0.5, 0.6) is 0 Å². The van der Waals surface area contributed by atoms with Crippen molar-refractivity contribution in [3.05, 3.63) is 30.1 Å². The van der Waals surface area contributed by atoms with Gasteiger partial charge in [-0.05, 0) is 49.7 Å². The summed E-state index contributed by atoms with van der Waals surface area (Å²) in [5, 5.41) is 8.86. The van der Waals surface area contributed by atoms with Crippen molar-refractivity contribution in [2.24, 2.45) is 22.0 Å². The molecule has 0 spiro atoms. The topological polar surface area (TPSA) is 40.9 Å². The Morgan fingerprint density at radius 3 is 2.36 bits per heavy atom. The van der Waals surface area contributed by atoms with Crippen molar-refractivity contribution >= 4 is 24.0 Å². The van der Waals surface area contributed by atoms with Crippen LogP contribution in [0.4, 0.5) is 0 Å². The summed E-state index contributed by atoms with van der Waals surface area (Å²) >= 11 is 5.41. The number of pyridine rings is 1. The zero-order valence-electron chi connectivity index (χ0n) is 12.2. The van der Waals surface area contributed by atoms with E-state index in [0.717, 1.165) is 30.6 Å². The molecule has 3 aliphatic rings. The Morgan fingerprint density at radius 2 is 1.82 bits per heavy atom. The van der Waals surface area contributed by atoms with Gasteiger partial charge in [-0.3, -0.25) is 4.98 Å². The van der Waals surface area contributed by atoms with Crippen LogP contribution in [0.2, 0.25) is 0 Å². The Labute approximate surface area is 153 Å². The van der Waals surface area contributed by atoms with E-state index >= 15 is 0 Å². The van der Waals surface area contributed by atoms with Crippen LogP contribution in [-0.4, -0.2) is 34.4 Å². The van der Waals surface area contributed by atoms with Crippen molar-refractivity contribution < 1.29 is 28.9 Å². The molecule has 1 aliphatic carbocycles. The van der Waals surface area contributed by atoms with Crippen molar-refractivity contribution in [3.63, 3.8) is 0 Å². The molecule has 4 nitrogen and oxygen atoms in total. The SMILES string of the molecule is [Cl-].[Ni+2].[S-]/C(=N\N=C\c1ccccn1)N1CC2CCC(CC2)C1. The second-order valence-electron chi connectivity index (χ2n) is 5.67. The molecule has 3 fully saturated rings. The molecule has 0 aromatic carbocycles. The number of hydrogen-bond donors (Lipinski definition) is 0. The van der Waals surface area contributed by atoms with Crippen LogP contribution in [0.15, 0.2) is 34.6 Å². The second-order valence-corrected chi connectivity index (χ2v) is 6.04. The van der Waals surface area contributed by atoms with E-state index in [1.54, 1.807) is 12.4 Å². The molecule has 7 heteroatoms. The molecule has 2 saturated heterocycles. The van der Waals surface area contributed by atoms with E-state index in [2.05, 4.69) is 20.1 Å². The summed E-state index contributed by atoms with van der Waals surface area (Å²) in [5.74, 6) is 1.59. The molecule has 122 valence electrons. The molecule has 2 bridgehead atoms. The van der Waals surface area contributed by atoms with Gasteiger partial charge in [-0.15, -0.1) is 0 Å². The molecule has 0 N–H and O–H groups in total. The minimum atomic E-state index is 0. The first kappa shape index (κ1) is 19.3. The summed E-state index contributed by atoms with van der Waals surface area (Å²) in [6, 6.07) is 5.71. The number of rotatable bonds is 2. The van der Waals surface area contributed by atoms with Crippen molar-refractivity contribution in [2.45, 2.75) is 25.7 Å². The predicted octanol–water partition coefficient (Wildman–Crippen LogP) is -0.558. The molecule has 0 radical (unpaired) electrons. The molecular formula is C15H19ClN4NiS. The number of hydrogen-bond acceptors (Lipinski definition) is 4. The van der Waals surface area contributed by atoms with Gasteiger partial charge in [0.05, 0.1) is 11.9 Å². The quantitative estimate of drug-likeness (QED) is 0.227. The number of amidine groups is 1. The van der Waals surface area contributed by atoms with Crippen LogP contribution in [0.1, 0.15) is 31.4 Å². The standard InChI is InChI=1S/C15H20N4S.ClH.Ni/c20-15(18-17-9-14-3-1-2-8-16-14)19-10-12-4-5-13(11-19)7-6-12;;/h1-3,8-9,12-13H,4-7,10-11H2,(H,18,20);1H;/q;;+2/p-2/b17-9+;;. The summed E-state index contributed by atoms with van der Waals surface area (Å²) < 4.78 is 0. The molecule has 0 amide bonds. The zero-order chi connectivity index (χ0) is 13.8. The van der Waals surface area contributed by atoms with Gasteiger partial charge in [-0.2, -0.15) is 10.2 Å². The first-order chi connectivity index (χ1) is 9.81. The molecule has 0 unspecified atom stereocenters. The smallest absolute Gasteiger partial charge is 1.00 e. The number of fused-ring (bicyclic) bond motifs is 4. The van der Waals surface area contributed by atoms with E-state index < -0.39 is 0 Å². The van der Waals surface area contributed by atoms with E-state index in [1.807, 2.05) is 18.2 Å². The molecule has 22 heavy (non-hydrogen) atoms. The average molecular weight is 382 g/mol. The monoisotopic (exact) mass is 380 g/mol. The van der Waals surface area contributed by atoms with Gasteiger partial charge in [0.25, 0.3) is 0 Å². The first-order valence-electron chi connectivity index (χ1n) is 7.25. The summed E-state index contributed by atoms with van der Waals surface area (Å²) in [4.78, 5) is 6.41. The van der Waals surface area contributed by atoms with Crippen LogP contribution in [-0.2, 0) is 29.1 Å². The third-order valence-corrected chi connectivity index (χ3v) is 4.55. The normalized spacial score (nSPS) is 24.5. The van der Waals surface area contributed by atoms with Crippen LogP contribution in [0, 0.1) is 11.8 Å². The maximum absolute atomic E-state index is 5.41. The van der Waals surface area contributed by atoms with E-state index in [1.165, 1.54) is 25.7 Å². The molecule has 3 heterocycles. The van der Waals surface area contributed by atoms with Gasteiger partial charge in [0.15, 0.2) is 0 Å². The fourth-order valence-corrected chi connectivity index (χ4v) is 3.30. The third kappa shape index (κ3) is 5.18. The summed E-state index contributed by atoms with van der Waals surface area (Å²) in [5.41, 5.74) is 0.801. The van der Waals surface area contributed by atoms with Gasteiger partial charge < -0.3 is 29.9 Å². The largest absolute Gasteiger partial charge is 2.00 e. The molecule has 0 atom stereocenters. The van der Waals surface area contributed by atoms with E-state index in [0.29, 0.717) is 5.17 Å². The van der Waals surface area contributed by atoms with Crippen LogP contribution >= 0.6 is 0 Å². The first-order valence-corrected chi connectivity index (χ1v) is 7.66. The fourth-order valence-electron chi connectivity index (χ4n) is 3.10. The molecule has 1 aromatic heterocycles. The van der Waals surface area contributed by atoms with E-state index in [4.69, 9.17) is 12.6 Å². The van der Waals surface area contributed by atoms with E-state index in [9.17, 15) is 0 Å².